The smallest absolute Gasteiger partial charge is 0.214 e. The molecule has 0 aliphatic carbocycles. The van der Waals surface area contributed by atoms with Gasteiger partial charge in [0.25, 0.3) is 0 Å². The number of aryl methyl sites for hydroxylation is 1. The number of pyridine rings is 1. The van der Waals surface area contributed by atoms with Crippen molar-refractivity contribution in [3.8, 4) is 11.9 Å². The van der Waals surface area contributed by atoms with E-state index in [4.69, 9.17) is 14.7 Å². The Labute approximate surface area is 107 Å². The Morgan fingerprint density at radius 3 is 3.11 bits per heavy atom. The third-order valence-corrected chi connectivity index (χ3v) is 2.70. The summed E-state index contributed by atoms with van der Waals surface area (Å²) in [5.74, 6) is 0.480. The largest absolute Gasteiger partial charge is 0.475 e. The molecule has 0 amide bonds. The molecule has 2 heterocycles. The molecule has 0 aromatic carbocycles. The standard InChI is InChI=1S/C13H17N3O2/c1-9-3-11(5-14)4-13(16-9)17-8-12-7-15-6-10(2)18-12/h3-4,10,12,15H,6-8H2,1-2H3. The van der Waals surface area contributed by atoms with E-state index in [1.807, 2.05) is 13.8 Å². The Bertz CT molecular complexity index is 456. The van der Waals surface area contributed by atoms with Crippen LogP contribution in [0.15, 0.2) is 12.1 Å². The Morgan fingerprint density at radius 1 is 1.56 bits per heavy atom. The second-order valence-electron chi connectivity index (χ2n) is 4.49. The van der Waals surface area contributed by atoms with Crippen molar-refractivity contribution in [2.75, 3.05) is 19.7 Å². The lowest BCUT2D eigenvalue weighted by Crippen LogP contribution is -2.45. The molecule has 18 heavy (non-hydrogen) atoms. The Hall–Kier alpha value is -1.64. The summed E-state index contributed by atoms with van der Waals surface area (Å²) in [6.45, 7) is 5.96. The maximum absolute atomic E-state index is 8.87. The zero-order chi connectivity index (χ0) is 13.0. The molecule has 2 unspecified atom stereocenters. The van der Waals surface area contributed by atoms with Gasteiger partial charge in [-0.1, -0.05) is 0 Å². The average molecular weight is 247 g/mol. The van der Waals surface area contributed by atoms with E-state index >= 15 is 0 Å². The maximum atomic E-state index is 8.87. The molecule has 1 saturated heterocycles. The van der Waals surface area contributed by atoms with Crippen molar-refractivity contribution in [3.05, 3.63) is 23.4 Å². The van der Waals surface area contributed by atoms with E-state index in [-0.39, 0.29) is 12.2 Å². The Kier molecular flexibility index (Phi) is 4.13. The number of ether oxygens (including phenoxy) is 2. The number of nitrogens with zero attached hydrogens (tertiary/aromatic N) is 2. The molecular formula is C13H17N3O2. The van der Waals surface area contributed by atoms with Crippen LogP contribution in [0.3, 0.4) is 0 Å². The van der Waals surface area contributed by atoms with Gasteiger partial charge in [0, 0.05) is 24.8 Å². The minimum Gasteiger partial charge on any atom is -0.475 e. The number of hydrogen-bond acceptors (Lipinski definition) is 5. The van der Waals surface area contributed by atoms with Crippen molar-refractivity contribution in [1.82, 2.24) is 10.3 Å². The summed E-state index contributed by atoms with van der Waals surface area (Å²) in [7, 11) is 0. The van der Waals surface area contributed by atoms with Gasteiger partial charge in [-0.3, -0.25) is 0 Å². The lowest BCUT2D eigenvalue weighted by Gasteiger charge is -2.28. The van der Waals surface area contributed by atoms with Crippen molar-refractivity contribution in [2.45, 2.75) is 26.1 Å². The molecule has 1 aliphatic heterocycles. The van der Waals surface area contributed by atoms with Crippen molar-refractivity contribution >= 4 is 0 Å². The SMILES string of the molecule is Cc1cc(C#N)cc(OCC2CNCC(C)O2)n1. The van der Waals surface area contributed by atoms with Crippen LogP contribution in [0.25, 0.3) is 0 Å². The van der Waals surface area contributed by atoms with Gasteiger partial charge >= 0.3 is 0 Å². The molecule has 0 radical (unpaired) electrons. The lowest BCUT2D eigenvalue weighted by molar-refractivity contribution is -0.0476. The molecule has 2 atom stereocenters. The highest BCUT2D eigenvalue weighted by Crippen LogP contribution is 2.13. The van der Waals surface area contributed by atoms with Crippen molar-refractivity contribution in [2.24, 2.45) is 0 Å². The lowest BCUT2D eigenvalue weighted by atomic mass is 10.2. The zero-order valence-corrected chi connectivity index (χ0v) is 10.6. The third kappa shape index (κ3) is 3.42. The second kappa shape index (κ2) is 5.80. The molecule has 2 rings (SSSR count). The first-order chi connectivity index (χ1) is 8.67. The molecule has 1 N–H and O–H groups in total. The van der Waals surface area contributed by atoms with Crippen molar-refractivity contribution in [1.29, 1.82) is 5.26 Å². The molecule has 0 saturated carbocycles. The summed E-state index contributed by atoms with van der Waals surface area (Å²) in [5, 5.41) is 12.1. The highest BCUT2D eigenvalue weighted by molar-refractivity contribution is 5.34. The first kappa shape index (κ1) is 12.8. The van der Waals surface area contributed by atoms with Crippen LogP contribution in [0, 0.1) is 18.3 Å². The van der Waals surface area contributed by atoms with Gasteiger partial charge in [-0.25, -0.2) is 4.98 Å². The zero-order valence-electron chi connectivity index (χ0n) is 10.6. The summed E-state index contributed by atoms with van der Waals surface area (Å²) in [6, 6.07) is 5.46. The monoisotopic (exact) mass is 247 g/mol. The maximum Gasteiger partial charge on any atom is 0.214 e. The predicted molar refractivity (Wildman–Crippen MR) is 66.4 cm³/mol. The van der Waals surface area contributed by atoms with Gasteiger partial charge in [0.15, 0.2) is 0 Å². The number of nitrogens with one attached hydrogen (secondary N) is 1. The van der Waals surface area contributed by atoms with E-state index < -0.39 is 0 Å². The number of rotatable bonds is 3. The van der Waals surface area contributed by atoms with E-state index in [1.54, 1.807) is 12.1 Å². The molecule has 1 fully saturated rings. The van der Waals surface area contributed by atoms with Crippen LogP contribution in [0.4, 0.5) is 0 Å². The van der Waals surface area contributed by atoms with Crippen LogP contribution in [0.1, 0.15) is 18.2 Å². The first-order valence-electron chi connectivity index (χ1n) is 6.05. The van der Waals surface area contributed by atoms with E-state index in [0.717, 1.165) is 18.8 Å². The van der Waals surface area contributed by atoms with Crippen molar-refractivity contribution < 1.29 is 9.47 Å². The van der Waals surface area contributed by atoms with Gasteiger partial charge < -0.3 is 14.8 Å². The van der Waals surface area contributed by atoms with Crippen LogP contribution in [-0.2, 0) is 4.74 Å². The van der Waals surface area contributed by atoms with Gasteiger partial charge in [-0.05, 0) is 19.9 Å². The van der Waals surface area contributed by atoms with E-state index in [1.165, 1.54) is 0 Å². The predicted octanol–water partition coefficient (Wildman–Crippen LogP) is 1.02. The molecule has 96 valence electrons. The number of hydrogen-bond donors (Lipinski definition) is 1. The van der Waals surface area contributed by atoms with Crippen LogP contribution in [0.2, 0.25) is 0 Å². The summed E-state index contributed by atoms with van der Waals surface area (Å²) in [5.41, 5.74) is 1.34. The van der Waals surface area contributed by atoms with Crippen LogP contribution >= 0.6 is 0 Å². The van der Waals surface area contributed by atoms with Crippen LogP contribution < -0.4 is 10.1 Å². The normalized spacial score (nSPS) is 23.4. The second-order valence-corrected chi connectivity index (χ2v) is 4.49. The molecule has 1 aliphatic rings. The summed E-state index contributed by atoms with van der Waals surface area (Å²) >= 11 is 0. The molecule has 5 heteroatoms. The van der Waals surface area contributed by atoms with Gasteiger partial charge in [-0.15, -0.1) is 0 Å². The topological polar surface area (TPSA) is 67.2 Å². The molecule has 1 aromatic rings. The number of aromatic nitrogens is 1. The molecule has 0 bridgehead atoms. The summed E-state index contributed by atoms with van der Waals surface area (Å²) in [6.07, 6.45) is 0.231. The molecule has 1 aromatic heterocycles. The fraction of sp³-hybridized carbons (Fsp3) is 0.538. The van der Waals surface area contributed by atoms with Crippen LogP contribution in [-0.4, -0.2) is 36.9 Å². The molecule has 0 spiro atoms. The molecular weight excluding hydrogens is 230 g/mol. The average Bonchev–Trinajstić information content (AvgIpc) is 2.36. The quantitative estimate of drug-likeness (QED) is 0.863. The van der Waals surface area contributed by atoms with Gasteiger partial charge in [0.1, 0.15) is 12.7 Å². The highest BCUT2D eigenvalue weighted by atomic mass is 16.5. The Morgan fingerprint density at radius 2 is 2.39 bits per heavy atom. The van der Waals surface area contributed by atoms with E-state index in [0.29, 0.717) is 18.1 Å². The van der Waals surface area contributed by atoms with Crippen molar-refractivity contribution in [3.63, 3.8) is 0 Å². The van der Waals surface area contributed by atoms with Gasteiger partial charge in [0.2, 0.25) is 5.88 Å². The first-order valence-corrected chi connectivity index (χ1v) is 6.05. The van der Waals surface area contributed by atoms with E-state index in [2.05, 4.69) is 16.4 Å². The Balaban J connectivity index is 1.93. The minimum absolute atomic E-state index is 0.0293. The van der Waals surface area contributed by atoms with Crippen LogP contribution in [0.5, 0.6) is 5.88 Å². The van der Waals surface area contributed by atoms with E-state index in [9.17, 15) is 0 Å². The summed E-state index contributed by atoms with van der Waals surface area (Å²) < 4.78 is 11.3. The highest BCUT2D eigenvalue weighted by Gasteiger charge is 2.19. The minimum atomic E-state index is 0.0293. The van der Waals surface area contributed by atoms with Gasteiger partial charge in [0.05, 0.1) is 17.7 Å². The third-order valence-electron chi connectivity index (χ3n) is 2.70. The fourth-order valence-electron chi connectivity index (χ4n) is 1.93. The summed E-state index contributed by atoms with van der Waals surface area (Å²) in [4.78, 5) is 4.24. The molecule has 5 nitrogen and oxygen atoms in total. The van der Waals surface area contributed by atoms with Gasteiger partial charge in [-0.2, -0.15) is 5.26 Å². The number of nitriles is 1. The number of morpholine rings is 1. The fourth-order valence-corrected chi connectivity index (χ4v) is 1.93.